The quantitative estimate of drug-likeness (QED) is 0.0618. The maximum atomic E-state index is 11.4. The number of hydrogen-bond acceptors (Lipinski definition) is 30. The van der Waals surface area contributed by atoms with Gasteiger partial charge >= 0.3 is 17.1 Å². The lowest BCUT2D eigenvalue weighted by Crippen LogP contribution is -2.31. The number of fused-ring (bicyclic) bond motifs is 7. The molecular weight excluding hydrogens is 1650 g/mol. The molecule has 0 spiro atoms. The van der Waals surface area contributed by atoms with Crippen LogP contribution in [0.15, 0.2) is 167 Å². The first-order valence-electron chi connectivity index (χ1n) is 40.7. The van der Waals surface area contributed by atoms with Gasteiger partial charge in [0.15, 0.2) is 33.8 Å². The molecule has 0 aliphatic rings. The highest BCUT2D eigenvalue weighted by atomic mass is 16.2. The molecule has 0 unspecified atom stereocenters. The molecule has 0 fully saturated rings. The lowest BCUT2D eigenvalue weighted by Gasteiger charge is -2.08. The highest BCUT2D eigenvalue weighted by molar-refractivity contribution is 5.88. The van der Waals surface area contributed by atoms with Crippen LogP contribution in [0.3, 0.4) is 0 Å². The van der Waals surface area contributed by atoms with Gasteiger partial charge in [0.05, 0.1) is 53.2 Å². The summed E-state index contributed by atoms with van der Waals surface area (Å²) in [5.41, 5.74) is 43.4. The summed E-state index contributed by atoms with van der Waals surface area (Å²) in [5.74, 6) is 2.18. The number of rotatable bonds is 10. The number of hydrogen-bond donors (Lipinski definition) is 13. The standard InChI is InChI=1S/C9H13N5.C9H12N4O.C9H12N4.C9H11N3O.C8H11N5O.C8H11N5.C8H10N4O.C8H12N2O2.C7H11N3O.C7H10N2O2/c1-5(2)14-4-3-6-7(10)12-9(11)13-8(6)14;1-5(2)13-4-3-6-7(13)11-9(10)12-8(6)14;1-6(2)13-4-3-7-8(10)11-5-12-9(7)13;1-6(2)12-4-3-7-8(12)10-5-11-9(7)13;1-4(2)13-3-10-5-6(13)11-8(9)12-7(5)14;1-5(2)13-4-12-6-7(9)10-3-11-8(6)13;1-5(2)12-4-11-6-7(12)9-3-10-8(6)13;1-5(2)10-4-6(3)7(11)9-8(10)12;1-5(2)10-4-3-6(8)9-7(10)11;1-5(2)9-4-3-6(10)8-7(9)11/h3-5H,1-2H3,(H4,10,11,12,13);3-5H,1-2H3,(H3,10,11,12,14);3-6H,1-2H3,(H2,10,11,12);3-6H,1-2H3,(H,10,11,13);3-4H,1-2H3,(H3,9,11,12,14);3-5H,1-2H3,(H2,9,10,11);3-5H,1-2H3,(H,9,10,13);4-5H,1-3H3,(H,9,11,12);3-5H,1-2H3,(H2,8,9,11);3-5H,1-2H3,(H,8,10,11). The third-order valence-corrected chi connectivity index (χ3v) is 18.9. The van der Waals surface area contributed by atoms with E-state index in [2.05, 4.69) is 160 Å². The summed E-state index contributed by atoms with van der Waals surface area (Å²) < 4.78 is 18.1. The monoisotopic (exact) mass is 1760 g/mol. The van der Waals surface area contributed by atoms with E-state index in [1.807, 2.05) is 143 Å². The highest BCUT2D eigenvalue weighted by Gasteiger charge is 2.17. The van der Waals surface area contributed by atoms with Crippen molar-refractivity contribution in [1.29, 1.82) is 0 Å². The molecule has 0 saturated carbocycles. The zero-order chi connectivity index (χ0) is 94.7. The Morgan fingerprint density at radius 2 is 0.672 bits per heavy atom. The molecule has 0 atom stereocenters. The van der Waals surface area contributed by atoms with Crippen molar-refractivity contribution in [3.63, 3.8) is 0 Å². The molecule has 20 N–H and O–H groups in total. The molecule has 0 radical (unpaired) electrons. The molecule has 17 aromatic rings. The fraction of sp³-hybridized carbons (Fsp3) is 0.378. The second kappa shape index (κ2) is 43.0. The van der Waals surface area contributed by atoms with Crippen LogP contribution in [0, 0.1) is 6.92 Å². The van der Waals surface area contributed by atoms with E-state index >= 15 is 0 Å². The van der Waals surface area contributed by atoms with E-state index in [9.17, 15) is 43.2 Å². The lowest BCUT2D eigenvalue weighted by atomic mass is 10.3. The molecule has 128 heavy (non-hydrogen) atoms. The molecule has 0 aromatic carbocycles. The second-order valence-corrected chi connectivity index (χ2v) is 31.6. The maximum absolute atomic E-state index is 11.4. The molecule has 680 valence electrons. The summed E-state index contributed by atoms with van der Waals surface area (Å²) in [6.45, 7) is 41.7. The third-order valence-electron chi connectivity index (χ3n) is 18.9. The minimum absolute atomic E-state index is 0.0769. The Morgan fingerprint density at radius 1 is 0.289 bits per heavy atom. The predicted octanol–water partition coefficient (Wildman–Crippen LogP) is 7.89. The van der Waals surface area contributed by atoms with Crippen molar-refractivity contribution < 1.29 is 0 Å². The summed E-state index contributed by atoms with van der Waals surface area (Å²) in [6, 6.07) is 12.8. The Labute approximate surface area is 730 Å². The van der Waals surface area contributed by atoms with Crippen molar-refractivity contribution in [2.45, 2.75) is 206 Å². The van der Waals surface area contributed by atoms with Gasteiger partial charge in [-0.25, -0.2) is 59.2 Å². The Bertz CT molecular complexity index is 6930. The van der Waals surface area contributed by atoms with Crippen LogP contribution in [-0.4, -0.2) is 145 Å². The number of nitrogens with two attached hydrogens (primary N) is 7. The average Bonchev–Trinajstić information content (AvgIpc) is 1.66. The van der Waals surface area contributed by atoms with E-state index in [1.165, 1.54) is 51.3 Å². The molecule has 17 aromatic heterocycles. The van der Waals surface area contributed by atoms with Gasteiger partial charge in [0.1, 0.15) is 58.2 Å². The van der Waals surface area contributed by atoms with Crippen LogP contribution in [0.5, 0.6) is 0 Å². The van der Waals surface area contributed by atoms with Gasteiger partial charge in [0.2, 0.25) is 17.8 Å². The van der Waals surface area contributed by atoms with E-state index < -0.39 is 0 Å². The van der Waals surface area contributed by atoms with Crippen molar-refractivity contribution >= 4 is 119 Å². The number of aromatic nitrogens is 30. The fourth-order valence-electron chi connectivity index (χ4n) is 12.2. The second-order valence-electron chi connectivity index (χ2n) is 31.6. The molecule has 46 heteroatoms. The number of nitrogen functional groups attached to an aromatic ring is 7. The summed E-state index contributed by atoms with van der Waals surface area (Å²) in [6.07, 6.45) is 23.1. The van der Waals surface area contributed by atoms with Crippen LogP contribution in [0.25, 0.3) is 77.6 Å². The van der Waals surface area contributed by atoms with Crippen LogP contribution >= 0.6 is 0 Å². The first kappa shape index (κ1) is 97.6. The molecule has 0 aliphatic carbocycles. The van der Waals surface area contributed by atoms with Gasteiger partial charge in [-0.05, 0) is 176 Å². The third kappa shape index (κ3) is 24.2. The Hall–Kier alpha value is -15.8. The molecule has 0 saturated heterocycles. The van der Waals surface area contributed by atoms with E-state index in [-0.39, 0.29) is 110 Å². The smallest absolute Gasteiger partial charge is 0.349 e. The lowest BCUT2D eigenvalue weighted by molar-refractivity contribution is 0.558. The molecule has 17 heterocycles. The van der Waals surface area contributed by atoms with Crippen LogP contribution in [0.2, 0.25) is 0 Å². The van der Waals surface area contributed by atoms with Crippen molar-refractivity contribution in [2.75, 3.05) is 40.1 Å². The number of imidazole rings is 3. The molecular formula is C82H113N37O9. The molecule has 0 amide bonds. The summed E-state index contributed by atoms with van der Waals surface area (Å²) in [7, 11) is 0. The number of anilines is 7. The molecule has 46 nitrogen and oxygen atoms in total. The van der Waals surface area contributed by atoms with Gasteiger partial charge in [0.25, 0.3) is 33.4 Å². The maximum Gasteiger partial charge on any atom is 0.349 e. The average molecular weight is 1760 g/mol. The number of aromatic amines is 6. The SMILES string of the molecule is CC(C)n1ccc(=O)[nH]c1=O.CC(C)n1ccc(N)nc1=O.CC(C)n1ccc2c(=O)[nH]c(N)nc21.CC(C)n1ccc2c(=O)[nH]cnc21.CC(C)n1ccc2c(N)nc(N)nc21.CC(C)n1ccc2c(N)ncnc21.CC(C)n1cnc2c(=O)[nH]c(N)nc21.CC(C)n1cnc2c(=O)[nH]cnc21.CC(C)n1cnc2c(N)ncnc21.Cc1cn(C(C)C)c(=O)[nH]c1=O. The van der Waals surface area contributed by atoms with Crippen molar-refractivity contribution in [3.05, 3.63) is 223 Å². The Kier molecular flexibility index (Phi) is 32.8. The van der Waals surface area contributed by atoms with Gasteiger partial charge in [0, 0.05) is 115 Å². The minimum Gasteiger partial charge on any atom is -0.383 e. The Morgan fingerprint density at radius 3 is 1.18 bits per heavy atom. The Balaban J connectivity index is 0.000000176. The van der Waals surface area contributed by atoms with Gasteiger partial charge in [-0.15, -0.1) is 0 Å². The van der Waals surface area contributed by atoms with Gasteiger partial charge in [-0.2, -0.15) is 24.9 Å². The zero-order valence-electron chi connectivity index (χ0n) is 75.3. The predicted molar refractivity (Wildman–Crippen MR) is 498 cm³/mol. The van der Waals surface area contributed by atoms with Crippen LogP contribution in [0.1, 0.15) is 204 Å². The number of aryl methyl sites for hydroxylation is 1. The van der Waals surface area contributed by atoms with E-state index in [1.54, 1.807) is 61.1 Å². The van der Waals surface area contributed by atoms with E-state index in [4.69, 9.17) is 40.1 Å². The number of nitrogens with zero attached hydrogens (tertiary/aromatic N) is 24. The van der Waals surface area contributed by atoms with Crippen LogP contribution < -0.4 is 90.6 Å². The summed E-state index contributed by atoms with van der Waals surface area (Å²) in [4.78, 5) is 171. The molecule has 17 rings (SSSR count). The largest absolute Gasteiger partial charge is 0.383 e. The zero-order valence-corrected chi connectivity index (χ0v) is 75.3. The number of nitrogens with one attached hydrogen (secondary N) is 6. The fourth-order valence-corrected chi connectivity index (χ4v) is 12.2. The van der Waals surface area contributed by atoms with Crippen LogP contribution in [-0.2, 0) is 0 Å². The molecule has 0 bridgehead atoms. The van der Waals surface area contributed by atoms with Crippen LogP contribution in [0.4, 0.5) is 41.1 Å². The molecule has 0 aliphatic heterocycles. The van der Waals surface area contributed by atoms with Crippen molar-refractivity contribution in [2.24, 2.45) is 0 Å². The van der Waals surface area contributed by atoms with E-state index in [0.717, 1.165) is 33.4 Å². The minimum atomic E-state index is -0.355. The first-order chi connectivity index (χ1) is 60.3. The van der Waals surface area contributed by atoms with E-state index in [0.29, 0.717) is 91.4 Å². The van der Waals surface area contributed by atoms with Gasteiger partial charge < -0.3 is 82.1 Å². The summed E-state index contributed by atoms with van der Waals surface area (Å²) in [5, 5.41) is 3.01. The normalized spacial score (nSPS) is 11.1. The number of H-pyrrole nitrogens is 6. The topological polar surface area (TPSA) is 660 Å². The van der Waals surface area contributed by atoms with Crippen molar-refractivity contribution in [3.8, 4) is 0 Å². The summed E-state index contributed by atoms with van der Waals surface area (Å²) >= 11 is 0. The van der Waals surface area contributed by atoms with Crippen molar-refractivity contribution in [1.82, 2.24) is 145 Å². The van der Waals surface area contributed by atoms with Gasteiger partial charge in [-0.3, -0.25) is 62.4 Å². The van der Waals surface area contributed by atoms with Gasteiger partial charge in [-0.1, -0.05) is 0 Å². The first-order valence-corrected chi connectivity index (χ1v) is 40.7. The highest BCUT2D eigenvalue weighted by Crippen LogP contribution is 2.25.